The molecule has 1 aliphatic heterocycles. The average Bonchev–Trinajstić information content (AvgIpc) is 3.61. The van der Waals surface area contributed by atoms with Crippen LogP contribution in [-0.2, 0) is 37.3 Å². The van der Waals surface area contributed by atoms with Crippen LogP contribution in [-0.4, -0.2) is 28.5 Å². The third kappa shape index (κ3) is 6.04. The van der Waals surface area contributed by atoms with E-state index in [1.807, 2.05) is 18.2 Å². The van der Waals surface area contributed by atoms with Crippen LogP contribution in [0.2, 0.25) is 0 Å². The SMILES string of the molecule is Cn1c(=O)ccc2ccc(CN3CC[C@@](CC4CC4)(C(=O)NCc4cc(C(F)(F)F)cc(C(F)(F)F)c4)C3)cc21. The summed E-state index contributed by atoms with van der Waals surface area (Å²) in [6.07, 6.45) is -6.75. The highest BCUT2D eigenvalue weighted by atomic mass is 19.4. The number of likely N-dealkylation sites (tertiary alicyclic amines) is 1. The van der Waals surface area contributed by atoms with Gasteiger partial charge in [0.2, 0.25) is 5.91 Å². The summed E-state index contributed by atoms with van der Waals surface area (Å²) in [5.74, 6) is 0.0278. The van der Waals surface area contributed by atoms with E-state index in [9.17, 15) is 35.9 Å². The molecule has 0 unspecified atom stereocenters. The maximum Gasteiger partial charge on any atom is 0.416 e. The Bertz CT molecular complexity index is 1460. The van der Waals surface area contributed by atoms with E-state index in [1.54, 1.807) is 17.7 Å². The zero-order valence-electron chi connectivity index (χ0n) is 21.8. The molecule has 1 aliphatic carbocycles. The molecule has 5 rings (SSSR count). The number of pyridine rings is 1. The normalized spacial score (nSPS) is 20.3. The van der Waals surface area contributed by atoms with E-state index in [-0.39, 0.29) is 23.1 Å². The third-order valence-corrected chi connectivity index (χ3v) is 7.99. The molecule has 0 radical (unpaired) electrons. The molecular weight excluding hydrogens is 536 g/mol. The second-order valence-electron chi connectivity index (χ2n) is 11.1. The molecule has 2 aromatic carbocycles. The second-order valence-corrected chi connectivity index (χ2v) is 11.1. The Morgan fingerprint density at radius 1 is 0.950 bits per heavy atom. The van der Waals surface area contributed by atoms with Gasteiger partial charge in [0.15, 0.2) is 0 Å². The van der Waals surface area contributed by atoms with Crippen LogP contribution in [0.3, 0.4) is 0 Å². The quantitative estimate of drug-likeness (QED) is 0.364. The first kappa shape index (κ1) is 28.2. The number of rotatable bonds is 7. The Kier molecular flexibility index (Phi) is 7.22. The summed E-state index contributed by atoms with van der Waals surface area (Å²) in [7, 11) is 1.71. The lowest BCUT2D eigenvalue weighted by Gasteiger charge is -2.29. The smallest absolute Gasteiger partial charge is 0.352 e. The predicted molar refractivity (Wildman–Crippen MR) is 137 cm³/mol. The van der Waals surface area contributed by atoms with Crippen molar-refractivity contribution in [3.63, 3.8) is 0 Å². The van der Waals surface area contributed by atoms with Crippen molar-refractivity contribution in [3.8, 4) is 0 Å². The molecule has 214 valence electrons. The Hall–Kier alpha value is -3.34. The summed E-state index contributed by atoms with van der Waals surface area (Å²) < 4.78 is 81.2. The van der Waals surface area contributed by atoms with Crippen molar-refractivity contribution in [2.75, 3.05) is 13.1 Å². The molecule has 11 heteroatoms. The van der Waals surface area contributed by atoms with Gasteiger partial charge in [-0.1, -0.05) is 25.0 Å². The molecule has 1 atom stereocenters. The van der Waals surface area contributed by atoms with Crippen molar-refractivity contribution in [1.82, 2.24) is 14.8 Å². The first-order valence-corrected chi connectivity index (χ1v) is 13.1. The number of hydrogen-bond donors (Lipinski definition) is 1. The van der Waals surface area contributed by atoms with Gasteiger partial charge in [0.1, 0.15) is 0 Å². The number of carbonyl (C=O) groups is 1. The number of carbonyl (C=O) groups excluding carboxylic acids is 1. The molecule has 2 aliphatic rings. The zero-order valence-corrected chi connectivity index (χ0v) is 21.8. The fraction of sp³-hybridized carbons (Fsp3) is 0.448. The minimum absolute atomic E-state index is 0.0828. The molecule has 3 aromatic rings. The molecule has 0 spiro atoms. The van der Waals surface area contributed by atoms with Gasteiger partial charge in [0, 0.05) is 32.7 Å². The highest BCUT2D eigenvalue weighted by molar-refractivity contribution is 5.83. The summed E-state index contributed by atoms with van der Waals surface area (Å²) >= 11 is 0. The molecule has 1 N–H and O–H groups in total. The number of fused-ring (bicyclic) bond motifs is 1. The van der Waals surface area contributed by atoms with Gasteiger partial charge in [-0.05, 0) is 72.1 Å². The summed E-state index contributed by atoms with van der Waals surface area (Å²) in [6, 6.07) is 10.5. The van der Waals surface area contributed by atoms with Gasteiger partial charge >= 0.3 is 12.4 Å². The Morgan fingerprint density at radius 2 is 1.60 bits per heavy atom. The van der Waals surface area contributed by atoms with E-state index in [2.05, 4.69) is 10.2 Å². The fourth-order valence-electron chi connectivity index (χ4n) is 5.67. The highest BCUT2D eigenvalue weighted by Crippen LogP contribution is 2.46. The van der Waals surface area contributed by atoms with Gasteiger partial charge < -0.3 is 9.88 Å². The topological polar surface area (TPSA) is 54.3 Å². The van der Waals surface area contributed by atoms with Crippen molar-refractivity contribution in [2.24, 2.45) is 18.4 Å². The molecule has 1 aromatic heterocycles. The number of aryl methyl sites for hydroxylation is 1. The van der Waals surface area contributed by atoms with Crippen molar-refractivity contribution < 1.29 is 31.1 Å². The van der Waals surface area contributed by atoms with E-state index in [1.165, 1.54) is 6.07 Å². The van der Waals surface area contributed by atoms with Crippen LogP contribution in [0, 0.1) is 11.3 Å². The largest absolute Gasteiger partial charge is 0.416 e. The third-order valence-electron chi connectivity index (χ3n) is 7.99. The van der Waals surface area contributed by atoms with Crippen LogP contribution in [0.5, 0.6) is 0 Å². The van der Waals surface area contributed by atoms with Gasteiger partial charge in [-0.2, -0.15) is 26.3 Å². The molecule has 0 bridgehead atoms. The van der Waals surface area contributed by atoms with E-state index in [4.69, 9.17) is 0 Å². The standard InChI is InChI=1S/C29H29F6N3O2/c1-37-24-12-19(4-5-21(24)6-7-25(37)39)16-38-9-8-27(17-38,14-18-2-3-18)26(40)36-15-20-10-22(28(30,31)32)13-23(11-20)29(33,34)35/h4-7,10-13,18H,2-3,8-9,14-17H2,1H3,(H,36,40)/t27-/m0/s1. The summed E-state index contributed by atoms with van der Waals surface area (Å²) in [5.41, 5.74) is -2.19. The molecule has 1 saturated heterocycles. The molecule has 5 nitrogen and oxygen atoms in total. The zero-order chi connectivity index (χ0) is 28.9. The van der Waals surface area contributed by atoms with E-state index in [0.29, 0.717) is 50.5 Å². The van der Waals surface area contributed by atoms with Gasteiger partial charge in [0.25, 0.3) is 5.56 Å². The van der Waals surface area contributed by atoms with Crippen LogP contribution >= 0.6 is 0 Å². The van der Waals surface area contributed by atoms with Crippen molar-refractivity contribution in [1.29, 1.82) is 0 Å². The number of hydrogen-bond acceptors (Lipinski definition) is 3. The molecule has 1 saturated carbocycles. The highest BCUT2D eigenvalue weighted by Gasteiger charge is 2.47. The molecule has 1 amide bonds. The van der Waals surface area contributed by atoms with Crippen LogP contribution in [0.15, 0.2) is 53.3 Å². The molecular formula is C29H29F6N3O2. The fourth-order valence-corrected chi connectivity index (χ4v) is 5.67. The number of alkyl halides is 6. The maximum absolute atomic E-state index is 13.5. The minimum atomic E-state index is -4.95. The van der Waals surface area contributed by atoms with Crippen molar-refractivity contribution in [3.05, 3.63) is 81.1 Å². The number of nitrogens with zero attached hydrogens (tertiary/aromatic N) is 2. The number of amides is 1. The predicted octanol–water partition coefficient (Wildman–Crippen LogP) is 5.88. The lowest BCUT2D eigenvalue weighted by molar-refractivity contribution is -0.143. The first-order valence-electron chi connectivity index (χ1n) is 13.1. The molecule has 40 heavy (non-hydrogen) atoms. The van der Waals surface area contributed by atoms with Crippen molar-refractivity contribution >= 4 is 16.8 Å². The average molecular weight is 566 g/mol. The Labute approximate surface area is 226 Å². The lowest BCUT2D eigenvalue weighted by Crippen LogP contribution is -2.43. The monoisotopic (exact) mass is 565 g/mol. The van der Waals surface area contributed by atoms with Gasteiger partial charge in [-0.3, -0.25) is 14.5 Å². The first-order chi connectivity index (χ1) is 18.7. The van der Waals surface area contributed by atoms with Crippen LogP contribution in [0.4, 0.5) is 26.3 Å². The van der Waals surface area contributed by atoms with E-state index in [0.717, 1.165) is 29.3 Å². The summed E-state index contributed by atoms with van der Waals surface area (Å²) in [4.78, 5) is 27.7. The van der Waals surface area contributed by atoms with E-state index >= 15 is 0 Å². The minimum Gasteiger partial charge on any atom is -0.352 e. The van der Waals surface area contributed by atoms with Gasteiger partial charge in [-0.15, -0.1) is 0 Å². The Balaban J connectivity index is 1.32. The van der Waals surface area contributed by atoms with Gasteiger partial charge in [-0.25, -0.2) is 0 Å². The maximum atomic E-state index is 13.5. The van der Waals surface area contributed by atoms with Crippen molar-refractivity contribution in [2.45, 2.75) is 51.1 Å². The van der Waals surface area contributed by atoms with Crippen LogP contribution in [0.25, 0.3) is 10.9 Å². The summed E-state index contributed by atoms with van der Waals surface area (Å²) in [5, 5.41) is 3.58. The molecule has 2 heterocycles. The second kappa shape index (κ2) is 10.2. The van der Waals surface area contributed by atoms with Gasteiger partial charge in [0.05, 0.1) is 22.1 Å². The summed E-state index contributed by atoms with van der Waals surface area (Å²) in [6.45, 7) is 1.16. The number of benzene rings is 2. The number of aromatic nitrogens is 1. The van der Waals surface area contributed by atoms with Crippen LogP contribution < -0.4 is 10.9 Å². The van der Waals surface area contributed by atoms with E-state index < -0.39 is 35.4 Å². The van der Waals surface area contributed by atoms with Crippen LogP contribution in [0.1, 0.15) is 47.9 Å². The lowest BCUT2D eigenvalue weighted by atomic mass is 9.80. The number of halogens is 6. The number of nitrogens with one attached hydrogen (secondary N) is 1. The Morgan fingerprint density at radius 3 is 2.23 bits per heavy atom. The molecule has 2 fully saturated rings.